The van der Waals surface area contributed by atoms with Gasteiger partial charge in [-0.3, -0.25) is 9.59 Å². The first-order valence-corrected chi connectivity index (χ1v) is 9.19. The number of nitrogens with one attached hydrogen (secondary N) is 3. The number of fused-ring (bicyclic) bond motifs is 1. The van der Waals surface area contributed by atoms with Gasteiger partial charge in [-0.25, -0.2) is 0 Å². The van der Waals surface area contributed by atoms with Gasteiger partial charge in [0.1, 0.15) is 5.75 Å². The van der Waals surface area contributed by atoms with Crippen LogP contribution < -0.4 is 15.4 Å². The Morgan fingerprint density at radius 1 is 1.15 bits per heavy atom. The normalized spacial score (nSPS) is 10.7. The minimum Gasteiger partial charge on any atom is -0.495 e. The van der Waals surface area contributed by atoms with E-state index in [1.165, 1.54) is 14.0 Å². The van der Waals surface area contributed by atoms with Gasteiger partial charge in [0, 0.05) is 33.7 Å². The summed E-state index contributed by atoms with van der Waals surface area (Å²) in [5.41, 5.74) is 3.99. The Bertz CT molecular complexity index is 1030. The van der Waals surface area contributed by atoms with E-state index in [1.807, 2.05) is 25.1 Å². The van der Waals surface area contributed by atoms with Gasteiger partial charge in [-0.05, 0) is 48.9 Å². The molecule has 0 saturated heterocycles. The molecule has 1 aromatic heterocycles. The fourth-order valence-corrected chi connectivity index (χ4v) is 3.39. The number of halogens is 1. The second-order valence-electron chi connectivity index (χ2n) is 6.24. The van der Waals surface area contributed by atoms with Crippen LogP contribution in [0.4, 0.5) is 11.4 Å². The van der Waals surface area contributed by atoms with E-state index < -0.39 is 0 Å². The van der Waals surface area contributed by atoms with E-state index in [0.717, 1.165) is 26.6 Å². The standard InChI is InChI=1S/C20H20BrN3O3/c1-11-15(16-8-13(21)4-6-17(16)22-11)10-20(26)24-18-9-14(23-12(2)25)5-7-19(18)27-3/h4-9,22H,10H2,1-3H3,(H,23,25)(H,24,26). The molecule has 27 heavy (non-hydrogen) atoms. The highest BCUT2D eigenvalue weighted by Gasteiger charge is 2.15. The molecule has 2 aromatic carbocycles. The number of aromatic amines is 1. The molecule has 2 amide bonds. The molecule has 3 N–H and O–H groups in total. The lowest BCUT2D eigenvalue weighted by Crippen LogP contribution is -2.16. The molecule has 7 heteroatoms. The van der Waals surface area contributed by atoms with Crippen molar-refractivity contribution in [1.29, 1.82) is 0 Å². The first-order chi connectivity index (χ1) is 12.9. The number of anilines is 2. The molecular formula is C20H20BrN3O3. The van der Waals surface area contributed by atoms with Crippen LogP contribution in [0.15, 0.2) is 40.9 Å². The molecule has 0 unspecified atom stereocenters. The van der Waals surface area contributed by atoms with Crippen LogP contribution in [0.5, 0.6) is 5.75 Å². The van der Waals surface area contributed by atoms with Crippen molar-refractivity contribution >= 4 is 50.0 Å². The molecule has 0 saturated carbocycles. The number of carbonyl (C=O) groups excluding carboxylic acids is 2. The number of carbonyl (C=O) groups is 2. The van der Waals surface area contributed by atoms with Gasteiger partial charge < -0.3 is 20.4 Å². The van der Waals surface area contributed by atoms with Crippen LogP contribution in [0.25, 0.3) is 10.9 Å². The van der Waals surface area contributed by atoms with Gasteiger partial charge in [-0.1, -0.05) is 15.9 Å². The lowest BCUT2D eigenvalue weighted by Gasteiger charge is -2.12. The maximum atomic E-state index is 12.7. The third-order valence-corrected chi connectivity index (χ3v) is 4.71. The van der Waals surface area contributed by atoms with Gasteiger partial charge >= 0.3 is 0 Å². The van der Waals surface area contributed by atoms with Crippen molar-refractivity contribution in [2.75, 3.05) is 17.7 Å². The number of aromatic nitrogens is 1. The quantitative estimate of drug-likeness (QED) is 0.562. The summed E-state index contributed by atoms with van der Waals surface area (Å²) in [5, 5.41) is 6.59. The predicted octanol–water partition coefficient (Wildman–Crippen LogP) is 4.39. The topological polar surface area (TPSA) is 83.2 Å². The van der Waals surface area contributed by atoms with Crippen LogP contribution >= 0.6 is 15.9 Å². The van der Waals surface area contributed by atoms with Crippen molar-refractivity contribution in [2.24, 2.45) is 0 Å². The van der Waals surface area contributed by atoms with Crippen molar-refractivity contribution in [3.63, 3.8) is 0 Å². The van der Waals surface area contributed by atoms with Crippen LogP contribution in [0.3, 0.4) is 0 Å². The summed E-state index contributed by atoms with van der Waals surface area (Å²) in [5.74, 6) is 0.172. The third-order valence-electron chi connectivity index (χ3n) is 4.21. The number of hydrogen-bond acceptors (Lipinski definition) is 3. The van der Waals surface area contributed by atoms with Gasteiger partial charge in [-0.15, -0.1) is 0 Å². The number of ether oxygens (including phenoxy) is 1. The van der Waals surface area contributed by atoms with Crippen molar-refractivity contribution in [2.45, 2.75) is 20.3 Å². The summed E-state index contributed by atoms with van der Waals surface area (Å²) in [6.45, 7) is 3.38. The molecule has 0 spiro atoms. The highest BCUT2D eigenvalue weighted by atomic mass is 79.9. The smallest absolute Gasteiger partial charge is 0.228 e. The predicted molar refractivity (Wildman–Crippen MR) is 110 cm³/mol. The average Bonchev–Trinajstić information content (AvgIpc) is 2.90. The molecule has 0 aliphatic rings. The highest BCUT2D eigenvalue weighted by molar-refractivity contribution is 9.10. The zero-order valence-electron chi connectivity index (χ0n) is 15.3. The maximum absolute atomic E-state index is 12.7. The van der Waals surface area contributed by atoms with Crippen LogP contribution in [0, 0.1) is 6.92 Å². The summed E-state index contributed by atoms with van der Waals surface area (Å²) >= 11 is 3.48. The van der Waals surface area contributed by atoms with E-state index in [2.05, 4.69) is 31.5 Å². The number of methoxy groups -OCH3 is 1. The van der Waals surface area contributed by atoms with Gasteiger partial charge in [0.05, 0.1) is 19.2 Å². The molecule has 3 rings (SSSR count). The summed E-state index contributed by atoms with van der Waals surface area (Å²) < 4.78 is 6.27. The summed E-state index contributed by atoms with van der Waals surface area (Å²) in [6, 6.07) is 11.0. The molecule has 0 aliphatic carbocycles. The Balaban J connectivity index is 1.85. The number of rotatable bonds is 5. The van der Waals surface area contributed by atoms with E-state index in [4.69, 9.17) is 4.74 Å². The Morgan fingerprint density at radius 2 is 1.93 bits per heavy atom. The third kappa shape index (κ3) is 4.31. The molecule has 6 nitrogen and oxygen atoms in total. The summed E-state index contributed by atoms with van der Waals surface area (Å²) in [7, 11) is 1.53. The molecule has 3 aromatic rings. The summed E-state index contributed by atoms with van der Waals surface area (Å²) in [4.78, 5) is 27.3. The fourth-order valence-electron chi connectivity index (χ4n) is 3.02. The zero-order chi connectivity index (χ0) is 19.6. The van der Waals surface area contributed by atoms with E-state index >= 15 is 0 Å². The number of benzene rings is 2. The molecule has 0 aliphatic heterocycles. The van der Waals surface area contributed by atoms with Crippen molar-refractivity contribution in [3.8, 4) is 5.75 Å². The molecule has 0 bridgehead atoms. The first kappa shape index (κ1) is 19.0. The molecule has 0 fully saturated rings. The first-order valence-electron chi connectivity index (χ1n) is 8.39. The second-order valence-corrected chi connectivity index (χ2v) is 7.16. The average molecular weight is 430 g/mol. The van der Waals surface area contributed by atoms with Crippen LogP contribution in [0.1, 0.15) is 18.2 Å². The minimum atomic E-state index is -0.183. The summed E-state index contributed by atoms with van der Waals surface area (Å²) in [6.07, 6.45) is 0.218. The van der Waals surface area contributed by atoms with Crippen LogP contribution in [0.2, 0.25) is 0 Å². The molecule has 0 atom stereocenters. The van der Waals surface area contributed by atoms with Gasteiger partial charge in [0.15, 0.2) is 0 Å². The van der Waals surface area contributed by atoms with Crippen LogP contribution in [-0.2, 0) is 16.0 Å². The molecule has 140 valence electrons. The van der Waals surface area contributed by atoms with E-state index in [9.17, 15) is 9.59 Å². The number of hydrogen-bond donors (Lipinski definition) is 3. The SMILES string of the molecule is COc1ccc(NC(C)=O)cc1NC(=O)Cc1c(C)[nH]c2ccc(Br)cc12. The minimum absolute atomic E-state index is 0.169. The van der Waals surface area contributed by atoms with Crippen molar-refractivity contribution in [1.82, 2.24) is 4.98 Å². The Kier molecular flexibility index (Phi) is 5.51. The monoisotopic (exact) mass is 429 g/mol. The Hall–Kier alpha value is -2.80. The Labute approximate surface area is 165 Å². The second kappa shape index (κ2) is 7.84. The number of amides is 2. The fraction of sp³-hybridized carbons (Fsp3) is 0.200. The highest BCUT2D eigenvalue weighted by Crippen LogP contribution is 2.29. The van der Waals surface area contributed by atoms with Crippen LogP contribution in [-0.4, -0.2) is 23.9 Å². The van der Waals surface area contributed by atoms with E-state index in [-0.39, 0.29) is 18.2 Å². The lowest BCUT2D eigenvalue weighted by atomic mass is 10.1. The molecule has 0 radical (unpaired) electrons. The largest absolute Gasteiger partial charge is 0.495 e. The maximum Gasteiger partial charge on any atom is 0.228 e. The van der Waals surface area contributed by atoms with Crippen molar-refractivity contribution in [3.05, 3.63) is 52.1 Å². The van der Waals surface area contributed by atoms with Gasteiger partial charge in [-0.2, -0.15) is 0 Å². The zero-order valence-corrected chi connectivity index (χ0v) is 16.9. The molecule has 1 heterocycles. The molecular weight excluding hydrogens is 410 g/mol. The van der Waals surface area contributed by atoms with Gasteiger partial charge in [0.25, 0.3) is 0 Å². The van der Waals surface area contributed by atoms with E-state index in [1.54, 1.807) is 18.2 Å². The van der Waals surface area contributed by atoms with E-state index in [0.29, 0.717) is 17.1 Å². The number of H-pyrrole nitrogens is 1. The lowest BCUT2D eigenvalue weighted by molar-refractivity contribution is -0.115. The van der Waals surface area contributed by atoms with Crippen molar-refractivity contribution < 1.29 is 14.3 Å². The van der Waals surface area contributed by atoms with Gasteiger partial charge in [0.2, 0.25) is 11.8 Å². The number of aryl methyl sites for hydroxylation is 1. The Morgan fingerprint density at radius 3 is 2.63 bits per heavy atom.